The van der Waals surface area contributed by atoms with Crippen LogP contribution in [0, 0.1) is 39.9 Å². The number of hydrogen-bond acceptors (Lipinski definition) is 4. The Morgan fingerprint density at radius 2 is 1.90 bits per heavy atom. The van der Waals surface area contributed by atoms with Crippen LogP contribution in [0.15, 0.2) is 22.8 Å². The minimum atomic E-state index is -0.242. The normalized spacial score (nSPS) is 40.1. The number of nitriles is 1. The van der Waals surface area contributed by atoms with Gasteiger partial charge in [0.15, 0.2) is 5.78 Å². The minimum absolute atomic E-state index is 0.0485. The standard InChI is InChI=1S/C25H33NO3/c1-4-23(28)29-15-16(14-26)20-7-8-21-19-6-5-17-13-18(27)9-11-24(17,2)22(19)10-12-25(20,21)3/h13,19,21-22H,4-12,15H2,1-3H3/b20-16+/t19-,21-,22-,24-,25+/m0/s1. The van der Waals surface area contributed by atoms with Gasteiger partial charge in [0.25, 0.3) is 0 Å². The molecule has 0 N–H and O–H groups in total. The molecule has 0 saturated heterocycles. The molecule has 0 unspecified atom stereocenters. The van der Waals surface area contributed by atoms with Crippen molar-refractivity contribution in [2.24, 2.45) is 28.6 Å². The summed E-state index contributed by atoms with van der Waals surface area (Å²) in [5, 5.41) is 9.79. The molecule has 4 rings (SSSR count). The van der Waals surface area contributed by atoms with Crippen LogP contribution in [0.4, 0.5) is 0 Å². The van der Waals surface area contributed by atoms with E-state index in [1.165, 1.54) is 17.6 Å². The Bertz CT molecular complexity index is 831. The quantitative estimate of drug-likeness (QED) is 0.481. The molecule has 5 atom stereocenters. The van der Waals surface area contributed by atoms with Gasteiger partial charge in [-0.25, -0.2) is 0 Å². The molecule has 4 aliphatic rings. The molecule has 0 aromatic carbocycles. The van der Waals surface area contributed by atoms with E-state index in [9.17, 15) is 14.9 Å². The molecule has 0 heterocycles. The van der Waals surface area contributed by atoms with Gasteiger partial charge in [0.1, 0.15) is 6.61 Å². The van der Waals surface area contributed by atoms with E-state index in [0.717, 1.165) is 38.5 Å². The molecule has 0 aromatic rings. The Labute approximate surface area is 174 Å². The summed E-state index contributed by atoms with van der Waals surface area (Å²) in [4.78, 5) is 23.6. The van der Waals surface area contributed by atoms with Crippen molar-refractivity contribution < 1.29 is 14.3 Å². The van der Waals surface area contributed by atoms with Gasteiger partial charge in [0, 0.05) is 12.8 Å². The van der Waals surface area contributed by atoms with E-state index in [1.807, 2.05) is 6.08 Å². The summed E-state index contributed by atoms with van der Waals surface area (Å²) < 4.78 is 5.33. The Kier molecular flexibility index (Phi) is 5.21. The van der Waals surface area contributed by atoms with E-state index in [4.69, 9.17) is 4.74 Å². The summed E-state index contributed by atoms with van der Waals surface area (Å²) in [6.07, 6.45) is 10.6. The predicted octanol–water partition coefficient (Wildman–Crippen LogP) is 5.29. The average molecular weight is 396 g/mol. The highest BCUT2D eigenvalue weighted by Crippen LogP contribution is 2.66. The molecule has 4 heteroatoms. The Hall–Kier alpha value is -1.89. The summed E-state index contributed by atoms with van der Waals surface area (Å²) >= 11 is 0. The number of allylic oxidation sites excluding steroid dienone is 2. The summed E-state index contributed by atoms with van der Waals surface area (Å²) in [5.74, 6) is 1.98. The number of rotatable bonds is 3. The summed E-state index contributed by atoms with van der Waals surface area (Å²) in [6.45, 7) is 6.66. The van der Waals surface area contributed by atoms with E-state index in [0.29, 0.717) is 42.0 Å². The van der Waals surface area contributed by atoms with E-state index in [-0.39, 0.29) is 23.4 Å². The minimum Gasteiger partial charge on any atom is -0.460 e. The maximum atomic E-state index is 12.0. The number of carbonyl (C=O) groups excluding carboxylic acids is 2. The van der Waals surface area contributed by atoms with Crippen molar-refractivity contribution in [3.8, 4) is 6.07 Å². The maximum absolute atomic E-state index is 12.0. The smallest absolute Gasteiger partial charge is 0.305 e. The molecule has 3 saturated carbocycles. The zero-order chi connectivity index (χ0) is 20.8. The number of nitrogens with zero attached hydrogens (tertiary/aromatic N) is 1. The van der Waals surface area contributed by atoms with E-state index in [1.54, 1.807) is 6.92 Å². The van der Waals surface area contributed by atoms with Gasteiger partial charge in [-0.3, -0.25) is 9.59 Å². The van der Waals surface area contributed by atoms with Crippen LogP contribution < -0.4 is 0 Å². The first kappa shape index (κ1) is 20.4. The fourth-order valence-corrected chi connectivity index (χ4v) is 7.31. The molecule has 156 valence electrons. The molecule has 0 spiro atoms. The number of esters is 1. The van der Waals surface area contributed by atoms with Gasteiger partial charge in [-0.1, -0.05) is 26.3 Å². The molecule has 0 aromatic heterocycles. The van der Waals surface area contributed by atoms with Crippen LogP contribution in [0.25, 0.3) is 0 Å². The molecule has 0 amide bonds. The van der Waals surface area contributed by atoms with E-state index < -0.39 is 0 Å². The van der Waals surface area contributed by atoms with Crippen LogP contribution in [0.2, 0.25) is 0 Å². The SMILES string of the molecule is CCC(=O)OC/C(C#N)=C1\CC[C@H]2[C@@H]3CCC4=CC(=O)CC[C@]4(C)[C@H]3CC[C@]12C. The summed E-state index contributed by atoms with van der Waals surface area (Å²) in [7, 11) is 0. The number of carbonyl (C=O) groups is 2. The summed E-state index contributed by atoms with van der Waals surface area (Å²) in [6, 6.07) is 2.37. The fraction of sp³-hybridized carbons (Fsp3) is 0.720. The monoisotopic (exact) mass is 395 g/mol. The zero-order valence-electron chi connectivity index (χ0n) is 18.1. The highest BCUT2D eigenvalue weighted by Gasteiger charge is 2.58. The van der Waals surface area contributed by atoms with Crippen LogP contribution >= 0.6 is 0 Å². The lowest BCUT2D eigenvalue weighted by Gasteiger charge is -2.57. The van der Waals surface area contributed by atoms with E-state index in [2.05, 4.69) is 19.9 Å². The topological polar surface area (TPSA) is 67.2 Å². The van der Waals surface area contributed by atoms with Crippen LogP contribution in [0.1, 0.15) is 78.6 Å². The lowest BCUT2D eigenvalue weighted by Crippen LogP contribution is -2.49. The van der Waals surface area contributed by atoms with Crippen LogP contribution in [0.3, 0.4) is 0 Å². The third kappa shape index (κ3) is 3.18. The van der Waals surface area contributed by atoms with Gasteiger partial charge in [0.2, 0.25) is 0 Å². The lowest BCUT2D eigenvalue weighted by atomic mass is 9.47. The number of ketones is 1. The third-order valence-electron chi connectivity index (χ3n) is 8.91. The van der Waals surface area contributed by atoms with Crippen LogP contribution in [-0.2, 0) is 14.3 Å². The van der Waals surface area contributed by atoms with Crippen LogP contribution in [0.5, 0.6) is 0 Å². The van der Waals surface area contributed by atoms with Crippen molar-refractivity contribution in [2.45, 2.75) is 78.6 Å². The second-order valence-corrected chi connectivity index (χ2v) is 10.0. The van der Waals surface area contributed by atoms with Gasteiger partial charge in [-0.15, -0.1) is 0 Å². The largest absolute Gasteiger partial charge is 0.460 e. The van der Waals surface area contributed by atoms with Gasteiger partial charge in [0.05, 0.1) is 11.6 Å². The van der Waals surface area contributed by atoms with Crippen molar-refractivity contribution in [3.05, 3.63) is 22.8 Å². The van der Waals surface area contributed by atoms with Crippen molar-refractivity contribution in [1.82, 2.24) is 0 Å². The van der Waals surface area contributed by atoms with Crippen molar-refractivity contribution >= 4 is 11.8 Å². The van der Waals surface area contributed by atoms with Gasteiger partial charge in [-0.2, -0.15) is 5.26 Å². The lowest BCUT2D eigenvalue weighted by molar-refractivity contribution is -0.142. The molecule has 0 bridgehead atoms. The van der Waals surface area contributed by atoms with Gasteiger partial charge >= 0.3 is 5.97 Å². The van der Waals surface area contributed by atoms with Gasteiger partial charge in [-0.05, 0) is 85.2 Å². The molecule has 4 nitrogen and oxygen atoms in total. The first-order valence-electron chi connectivity index (χ1n) is 11.4. The Morgan fingerprint density at radius 1 is 1.14 bits per heavy atom. The molecular weight excluding hydrogens is 362 g/mol. The van der Waals surface area contributed by atoms with Crippen molar-refractivity contribution in [1.29, 1.82) is 5.26 Å². The fourth-order valence-electron chi connectivity index (χ4n) is 7.31. The second-order valence-electron chi connectivity index (χ2n) is 10.0. The zero-order valence-corrected chi connectivity index (χ0v) is 18.1. The number of fused-ring (bicyclic) bond motifs is 5. The van der Waals surface area contributed by atoms with Crippen molar-refractivity contribution in [3.63, 3.8) is 0 Å². The van der Waals surface area contributed by atoms with Gasteiger partial charge < -0.3 is 4.74 Å². The molecule has 3 fully saturated rings. The third-order valence-corrected chi connectivity index (χ3v) is 8.91. The molecule has 29 heavy (non-hydrogen) atoms. The highest BCUT2D eigenvalue weighted by molar-refractivity contribution is 5.91. The Morgan fingerprint density at radius 3 is 2.62 bits per heavy atom. The second kappa shape index (κ2) is 7.42. The molecule has 0 aliphatic heterocycles. The highest BCUT2D eigenvalue weighted by atomic mass is 16.5. The maximum Gasteiger partial charge on any atom is 0.305 e. The molecule has 0 radical (unpaired) electrons. The molecular formula is C25H33NO3. The van der Waals surface area contributed by atoms with E-state index >= 15 is 0 Å². The Balaban J connectivity index is 1.61. The van der Waals surface area contributed by atoms with Crippen molar-refractivity contribution in [2.75, 3.05) is 6.61 Å². The predicted molar refractivity (Wildman–Crippen MR) is 111 cm³/mol. The summed E-state index contributed by atoms with van der Waals surface area (Å²) in [5.41, 5.74) is 3.56. The number of ether oxygens (including phenoxy) is 1. The average Bonchev–Trinajstić information content (AvgIpc) is 3.06. The van der Waals surface area contributed by atoms with Crippen LogP contribution in [-0.4, -0.2) is 18.4 Å². The first-order valence-corrected chi connectivity index (χ1v) is 11.4. The number of hydrogen-bond donors (Lipinski definition) is 0. The molecule has 4 aliphatic carbocycles. The first-order chi connectivity index (χ1) is 13.8.